The molecule has 6 heteroatoms. The number of esters is 1. The fraction of sp³-hybridized carbons (Fsp3) is 0.150. The largest absolute Gasteiger partial charge is 0.455 e. The normalized spacial score (nSPS) is 10.3. The Morgan fingerprint density at radius 3 is 2.50 bits per heavy atom. The van der Waals surface area contributed by atoms with Crippen LogP contribution in [0.4, 0.5) is 0 Å². The molecule has 0 aliphatic heterocycles. The van der Waals surface area contributed by atoms with Gasteiger partial charge in [-0.3, -0.25) is 4.79 Å². The number of benzene rings is 2. The number of amides is 1. The van der Waals surface area contributed by atoms with Crippen molar-refractivity contribution in [1.82, 2.24) is 10.3 Å². The molecular formula is C20H18N2O4. The first kappa shape index (κ1) is 17.4. The van der Waals surface area contributed by atoms with E-state index in [-0.39, 0.29) is 12.5 Å². The third-order valence-corrected chi connectivity index (χ3v) is 3.65. The molecule has 1 amide bonds. The number of nitrogens with zero attached hydrogens (tertiary/aromatic N) is 1. The first-order valence-corrected chi connectivity index (χ1v) is 8.12. The number of nitrogens with one attached hydrogen (secondary N) is 1. The summed E-state index contributed by atoms with van der Waals surface area (Å²) in [7, 11) is 0. The van der Waals surface area contributed by atoms with E-state index in [4.69, 9.17) is 9.15 Å². The van der Waals surface area contributed by atoms with E-state index in [1.165, 1.54) is 13.2 Å². The molecule has 0 unspecified atom stereocenters. The summed E-state index contributed by atoms with van der Waals surface area (Å²) in [6.07, 6.45) is 1.48. The van der Waals surface area contributed by atoms with E-state index in [1.54, 1.807) is 24.3 Å². The number of hydrogen-bond acceptors (Lipinski definition) is 5. The zero-order valence-electron chi connectivity index (χ0n) is 14.3. The van der Waals surface area contributed by atoms with E-state index in [2.05, 4.69) is 10.3 Å². The summed E-state index contributed by atoms with van der Waals surface area (Å²) in [4.78, 5) is 27.3. The third-order valence-electron chi connectivity index (χ3n) is 3.65. The molecule has 0 atom stereocenters. The zero-order chi connectivity index (χ0) is 18.4. The van der Waals surface area contributed by atoms with Gasteiger partial charge in [0.15, 0.2) is 0 Å². The summed E-state index contributed by atoms with van der Waals surface area (Å²) in [5.41, 5.74) is 2.74. The topological polar surface area (TPSA) is 81.4 Å². The van der Waals surface area contributed by atoms with E-state index in [9.17, 15) is 9.59 Å². The van der Waals surface area contributed by atoms with Gasteiger partial charge in [-0.15, -0.1) is 0 Å². The number of oxazole rings is 1. The van der Waals surface area contributed by atoms with Gasteiger partial charge < -0.3 is 14.5 Å². The molecule has 0 radical (unpaired) electrons. The van der Waals surface area contributed by atoms with Crippen LogP contribution in [0.25, 0.3) is 11.5 Å². The van der Waals surface area contributed by atoms with Gasteiger partial charge in [-0.05, 0) is 29.8 Å². The molecule has 2 aromatic carbocycles. The van der Waals surface area contributed by atoms with Crippen molar-refractivity contribution in [2.45, 2.75) is 20.1 Å². The van der Waals surface area contributed by atoms with Gasteiger partial charge in [-0.2, -0.15) is 0 Å². The highest BCUT2D eigenvalue weighted by molar-refractivity contribution is 5.89. The number of carbonyl (C=O) groups is 2. The second-order valence-corrected chi connectivity index (χ2v) is 5.69. The molecule has 0 bridgehead atoms. The molecule has 0 aliphatic carbocycles. The Morgan fingerprint density at radius 2 is 1.81 bits per heavy atom. The predicted octanol–water partition coefficient (Wildman–Crippen LogP) is 3.33. The number of carbonyl (C=O) groups excluding carboxylic acids is 2. The minimum absolute atomic E-state index is 0.0306. The smallest absolute Gasteiger partial charge is 0.338 e. The Kier molecular flexibility index (Phi) is 5.43. The van der Waals surface area contributed by atoms with Crippen molar-refractivity contribution in [3.8, 4) is 11.5 Å². The van der Waals surface area contributed by atoms with Crippen LogP contribution < -0.4 is 5.32 Å². The molecule has 0 saturated carbocycles. The number of ether oxygens (including phenoxy) is 1. The van der Waals surface area contributed by atoms with Gasteiger partial charge >= 0.3 is 5.97 Å². The first-order chi connectivity index (χ1) is 12.6. The minimum atomic E-state index is -0.444. The highest BCUT2D eigenvalue weighted by Gasteiger charge is 2.11. The van der Waals surface area contributed by atoms with Crippen molar-refractivity contribution in [3.63, 3.8) is 0 Å². The Balaban J connectivity index is 1.55. The maximum absolute atomic E-state index is 12.1. The quantitative estimate of drug-likeness (QED) is 0.690. The predicted molar refractivity (Wildman–Crippen MR) is 95.0 cm³/mol. The van der Waals surface area contributed by atoms with Crippen LogP contribution in [0, 0.1) is 0 Å². The summed E-state index contributed by atoms with van der Waals surface area (Å²) >= 11 is 0. The van der Waals surface area contributed by atoms with Crippen molar-refractivity contribution in [3.05, 3.63) is 77.7 Å². The molecule has 0 aliphatic rings. The zero-order valence-corrected chi connectivity index (χ0v) is 14.3. The molecule has 0 fully saturated rings. The first-order valence-electron chi connectivity index (χ1n) is 8.12. The third kappa shape index (κ3) is 4.57. The second-order valence-electron chi connectivity index (χ2n) is 5.69. The van der Waals surface area contributed by atoms with E-state index >= 15 is 0 Å². The van der Waals surface area contributed by atoms with Crippen molar-refractivity contribution >= 4 is 11.9 Å². The van der Waals surface area contributed by atoms with E-state index in [0.717, 1.165) is 11.1 Å². The van der Waals surface area contributed by atoms with Crippen LogP contribution in [0.5, 0.6) is 0 Å². The highest BCUT2D eigenvalue weighted by Crippen LogP contribution is 2.18. The lowest BCUT2D eigenvalue weighted by atomic mass is 10.1. The van der Waals surface area contributed by atoms with Crippen LogP contribution >= 0.6 is 0 Å². The standard InChI is InChI=1S/C20H18N2O4/c1-14(23)21-11-15-7-9-17(10-8-15)20(24)26-13-18-12-25-19(22-18)16-5-3-2-4-6-16/h2-10,12H,11,13H2,1H3,(H,21,23). The SMILES string of the molecule is CC(=O)NCc1ccc(C(=O)OCc2coc(-c3ccccc3)n2)cc1. The fourth-order valence-electron chi connectivity index (χ4n) is 2.29. The van der Waals surface area contributed by atoms with Crippen molar-refractivity contribution in [2.24, 2.45) is 0 Å². The number of aromatic nitrogens is 1. The van der Waals surface area contributed by atoms with Gasteiger partial charge in [0.2, 0.25) is 11.8 Å². The van der Waals surface area contributed by atoms with E-state index in [1.807, 2.05) is 30.3 Å². The molecule has 1 aromatic heterocycles. The second kappa shape index (κ2) is 8.11. The molecule has 1 heterocycles. The molecule has 0 spiro atoms. The van der Waals surface area contributed by atoms with Crippen molar-refractivity contribution < 1.29 is 18.7 Å². The highest BCUT2D eigenvalue weighted by atomic mass is 16.5. The lowest BCUT2D eigenvalue weighted by molar-refractivity contribution is -0.119. The summed E-state index contributed by atoms with van der Waals surface area (Å²) in [5.74, 6) is -0.0599. The monoisotopic (exact) mass is 350 g/mol. The van der Waals surface area contributed by atoms with Gasteiger partial charge in [-0.25, -0.2) is 9.78 Å². The molecule has 3 rings (SSSR count). The van der Waals surface area contributed by atoms with Gasteiger partial charge in [-0.1, -0.05) is 30.3 Å². The molecule has 132 valence electrons. The lowest BCUT2D eigenvalue weighted by Gasteiger charge is -2.05. The van der Waals surface area contributed by atoms with Crippen LogP contribution in [-0.4, -0.2) is 16.9 Å². The average molecular weight is 350 g/mol. The van der Waals surface area contributed by atoms with E-state index < -0.39 is 5.97 Å². The molecule has 3 aromatic rings. The van der Waals surface area contributed by atoms with Crippen molar-refractivity contribution in [2.75, 3.05) is 0 Å². The summed E-state index contributed by atoms with van der Waals surface area (Å²) in [6, 6.07) is 16.4. The van der Waals surface area contributed by atoms with Crippen LogP contribution in [0.15, 0.2) is 65.3 Å². The Morgan fingerprint density at radius 1 is 1.08 bits per heavy atom. The molecule has 0 saturated heterocycles. The molecule has 1 N–H and O–H groups in total. The van der Waals surface area contributed by atoms with Gasteiger partial charge in [0, 0.05) is 19.0 Å². The maximum Gasteiger partial charge on any atom is 0.338 e. The summed E-state index contributed by atoms with van der Waals surface area (Å²) in [6.45, 7) is 1.91. The van der Waals surface area contributed by atoms with Gasteiger partial charge in [0.1, 0.15) is 18.6 Å². The van der Waals surface area contributed by atoms with Crippen LogP contribution in [0.1, 0.15) is 28.5 Å². The van der Waals surface area contributed by atoms with Crippen LogP contribution in [0.2, 0.25) is 0 Å². The van der Waals surface area contributed by atoms with Gasteiger partial charge in [0.25, 0.3) is 0 Å². The Hall–Kier alpha value is -3.41. The number of hydrogen-bond donors (Lipinski definition) is 1. The molecule has 6 nitrogen and oxygen atoms in total. The molecule has 26 heavy (non-hydrogen) atoms. The van der Waals surface area contributed by atoms with Crippen LogP contribution in [0.3, 0.4) is 0 Å². The lowest BCUT2D eigenvalue weighted by Crippen LogP contribution is -2.18. The Bertz CT molecular complexity index is 886. The summed E-state index contributed by atoms with van der Waals surface area (Å²) < 4.78 is 10.7. The van der Waals surface area contributed by atoms with Gasteiger partial charge in [0.05, 0.1) is 5.56 Å². The maximum atomic E-state index is 12.1. The van der Waals surface area contributed by atoms with E-state index in [0.29, 0.717) is 23.7 Å². The Labute approximate surface area is 150 Å². The molecular weight excluding hydrogens is 332 g/mol. The minimum Gasteiger partial charge on any atom is -0.455 e. The average Bonchev–Trinajstić information content (AvgIpc) is 3.14. The number of rotatable bonds is 6. The van der Waals surface area contributed by atoms with Crippen molar-refractivity contribution in [1.29, 1.82) is 0 Å². The summed E-state index contributed by atoms with van der Waals surface area (Å²) in [5, 5.41) is 2.70. The fourth-order valence-corrected chi connectivity index (χ4v) is 2.29. The van der Waals surface area contributed by atoms with Crippen LogP contribution in [-0.2, 0) is 22.7 Å².